The second-order valence-corrected chi connectivity index (χ2v) is 6.55. The minimum atomic E-state index is -0.149. The minimum absolute atomic E-state index is 0.116. The Morgan fingerprint density at radius 3 is 2.22 bits per heavy atom. The number of hydrazone groups is 1. The molecule has 0 aromatic rings. The van der Waals surface area contributed by atoms with Crippen molar-refractivity contribution in [3.05, 3.63) is 0 Å². The summed E-state index contributed by atoms with van der Waals surface area (Å²) in [4.78, 5) is 39.6. The minimum Gasteiger partial charge on any atom is -0.339 e. The Bertz CT molecular complexity index is 517. The number of nitrogens with zero attached hydrogens (tertiary/aromatic N) is 3. The predicted octanol–water partition coefficient (Wildman–Crippen LogP) is 0.504. The molecule has 0 atom stereocenters. The third-order valence-electron chi connectivity index (χ3n) is 4.98. The zero-order chi connectivity index (χ0) is 16.2. The Morgan fingerprint density at radius 2 is 1.61 bits per heavy atom. The first-order chi connectivity index (χ1) is 11.1. The fourth-order valence-electron chi connectivity index (χ4n) is 3.55. The molecule has 0 bridgehead atoms. The van der Waals surface area contributed by atoms with Crippen LogP contribution >= 0.6 is 0 Å². The van der Waals surface area contributed by atoms with Gasteiger partial charge in [-0.1, -0.05) is 19.3 Å². The number of nitrogens with one attached hydrogen (secondary N) is 1. The maximum Gasteiger partial charge on any atom is 0.270 e. The van der Waals surface area contributed by atoms with Crippen LogP contribution in [-0.4, -0.2) is 59.4 Å². The first-order valence-corrected chi connectivity index (χ1v) is 8.58. The van der Waals surface area contributed by atoms with E-state index in [0.29, 0.717) is 44.7 Å². The molecule has 0 radical (unpaired) electrons. The van der Waals surface area contributed by atoms with E-state index in [-0.39, 0.29) is 23.6 Å². The number of hydrogen-bond acceptors (Lipinski definition) is 4. The van der Waals surface area contributed by atoms with Gasteiger partial charge in [0.15, 0.2) is 0 Å². The molecule has 0 aromatic carbocycles. The van der Waals surface area contributed by atoms with E-state index in [0.717, 1.165) is 25.7 Å². The molecule has 3 rings (SSSR count). The van der Waals surface area contributed by atoms with E-state index in [4.69, 9.17) is 0 Å². The summed E-state index contributed by atoms with van der Waals surface area (Å²) in [5, 5.41) is 3.86. The van der Waals surface area contributed by atoms with Crippen molar-refractivity contribution in [3.8, 4) is 0 Å². The Balaban J connectivity index is 1.51. The molecule has 0 spiro atoms. The second-order valence-electron chi connectivity index (χ2n) is 6.55. The van der Waals surface area contributed by atoms with Crippen molar-refractivity contribution in [2.24, 2.45) is 11.0 Å². The molecule has 2 heterocycles. The van der Waals surface area contributed by atoms with Crippen molar-refractivity contribution in [3.63, 3.8) is 0 Å². The van der Waals surface area contributed by atoms with Crippen LogP contribution in [0, 0.1) is 5.92 Å². The number of piperazine rings is 1. The number of hydrogen-bond donors (Lipinski definition) is 1. The van der Waals surface area contributed by atoms with Crippen LogP contribution in [0.1, 0.15) is 44.9 Å². The zero-order valence-electron chi connectivity index (χ0n) is 13.4. The normalized spacial score (nSPS) is 23.3. The van der Waals surface area contributed by atoms with E-state index in [9.17, 15) is 14.4 Å². The fraction of sp³-hybridized carbons (Fsp3) is 0.750. The molecule has 1 N–H and O–H groups in total. The number of carbonyl (C=O) groups excluding carboxylic acids is 3. The summed E-state index contributed by atoms with van der Waals surface area (Å²) in [6.07, 6.45) is 6.27. The molecule has 2 fully saturated rings. The summed E-state index contributed by atoms with van der Waals surface area (Å²) in [5.74, 6) is 0.183. The van der Waals surface area contributed by atoms with Crippen molar-refractivity contribution in [2.45, 2.75) is 44.9 Å². The molecule has 7 heteroatoms. The van der Waals surface area contributed by atoms with Crippen molar-refractivity contribution >= 4 is 23.4 Å². The van der Waals surface area contributed by atoms with Crippen molar-refractivity contribution < 1.29 is 14.4 Å². The molecule has 3 aliphatic rings. The van der Waals surface area contributed by atoms with Gasteiger partial charge in [0.2, 0.25) is 11.8 Å². The Kier molecular flexibility index (Phi) is 4.93. The van der Waals surface area contributed by atoms with E-state index in [1.54, 1.807) is 4.90 Å². The summed E-state index contributed by atoms with van der Waals surface area (Å²) >= 11 is 0. The maximum atomic E-state index is 12.5. The van der Waals surface area contributed by atoms with Gasteiger partial charge in [-0.25, -0.2) is 5.43 Å². The van der Waals surface area contributed by atoms with Crippen LogP contribution in [0.25, 0.3) is 0 Å². The number of rotatable bonds is 2. The van der Waals surface area contributed by atoms with E-state index < -0.39 is 0 Å². The van der Waals surface area contributed by atoms with Crippen LogP contribution in [0.2, 0.25) is 0 Å². The molecule has 2 aliphatic heterocycles. The summed E-state index contributed by atoms with van der Waals surface area (Å²) in [7, 11) is 0. The van der Waals surface area contributed by atoms with Gasteiger partial charge in [-0.05, 0) is 12.8 Å². The third-order valence-corrected chi connectivity index (χ3v) is 4.98. The van der Waals surface area contributed by atoms with Crippen molar-refractivity contribution in [2.75, 3.05) is 26.2 Å². The van der Waals surface area contributed by atoms with E-state index in [2.05, 4.69) is 10.5 Å². The van der Waals surface area contributed by atoms with Gasteiger partial charge in [0.25, 0.3) is 5.91 Å². The molecule has 0 unspecified atom stereocenters. The highest BCUT2D eigenvalue weighted by atomic mass is 16.2. The first kappa shape index (κ1) is 16.0. The smallest absolute Gasteiger partial charge is 0.270 e. The average Bonchev–Trinajstić information content (AvgIpc) is 2.62. The van der Waals surface area contributed by atoms with Gasteiger partial charge in [0.05, 0.1) is 0 Å². The average molecular weight is 320 g/mol. The van der Waals surface area contributed by atoms with Gasteiger partial charge in [-0.3, -0.25) is 14.4 Å². The molecule has 23 heavy (non-hydrogen) atoms. The Labute approximate surface area is 136 Å². The molecule has 1 saturated heterocycles. The second kappa shape index (κ2) is 7.10. The lowest BCUT2D eigenvalue weighted by molar-refractivity contribution is -0.141. The number of carbonyl (C=O) groups is 3. The van der Waals surface area contributed by atoms with E-state index >= 15 is 0 Å². The van der Waals surface area contributed by atoms with Crippen LogP contribution in [0.15, 0.2) is 5.10 Å². The third kappa shape index (κ3) is 3.71. The van der Waals surface area contributed by atoms with Crippen LogP contribution in [0.5, 0.6) is 0 Å². The molecular weight excluding hydrogens is 296 g/mol. The monoisotopic (exact) mass is 320 g/mol. The quantitative estimate of drug-likeness (QED) is 0.804. The topological polar surface area (TPSA) is 82.1 Å². The molecule has 0 aromatic heterocycles. The standard InChI is InChI=1S/C16H24N4O3/c21-14-7-6-13(17-18-14)16(23)20-10-8-19(9-11-20)15(22)12-4-2-1-3-5-12/h12H,1-11H2,(H,18,21). The zero-order valence-corrected chi connectivity index (χ0v) is 13.4. The lowest BCUT2D eigenvalue weighted by atomic mass is 9.88. The van der Waals surface area contributed by atoms with Gasteiger partial charge in [-0.15, -0.1) is 0 Å². The molecule has 7 nitrogen and oxygen atoms in total. The highest BCUT2D eigenvalue weighted by Gasteiger charge is 2.31. The van der Waals surface area contributed by atoms with E-state index in [1.165, 1.54) is 6.42 Å². The lowest BCUT2D eigenvalue weighted by Crippen LogP contribution is -2.53. The fourth-order valence-corrected chi connectivity index (χ4v) is 3.55. The first-order valence-electron chi connectivity index (χ1n) is 8.58. The van der Waals surface area contributed by atoms with Gasteiger partial charge in [0, 0.05) is 44.9 Å². The maximum absolute atomic E-state index is 12.5. The van der Waals surface area contributed by atoms with Crippen molar-refractivity contribution in [1.29, 1.82) is 0 Å². The largest absolute Gasteiger partial charge is 0.339 e. The lowest BCUT2D eigenvalue weighted by Gasteiger charge is -2.37. The molecule has 3 amide bonds. The van der Waals surface area contributed by atoms with Crippen molar-refractivity contribution in [1.82, 2.24) is 15.2 Å². The summed E-state index contributed by atoms with van der Waals surface area (Å²) < 4.78 is 0. The Hall–Kier alpha value is -1.92. The van der Waals surface area contributed by atoms with Gasteiger partial charge in [-0.2, -0.15) is 5.10 Å². The molecule has 126 valence electrons. The molecular formula is C16H24N4O3. The molecule has 1 saturated carbocycles. The van der Waals surface area contributed by atoms with Crippen LogP contribution in [0.3, 0.4) is 0 Å². The van der Waals surface area contributed by atoms with E-state index in [1.807, 2.05) is 4.90 Å². The summed E-state index contributed by atoms with van der Waals surface area (Å²) in [6.45, 7) is 2.29. The number of amides is 3. The van der Waals surface area contributed by atoms with Crippen LogP contribution in [0.4, 0.5) is 0 Å². The highest BCUT2D eigenvalue weighted by Crippen LogP contribution is 2.25. The summed E-state index contributed by atoms with van der Waals surface area (Å²) in [5.41, 5.74) is 2.77. The Morgan fingerprint density at radius 1 is 0.957 bits per heavy atom. The SMILES string of the molecule is O=C1CCC(C(=O)N2CCN(C(=O)C3CCCCC3)CC2)=NN1. The predicted molar refractivity (Wildman–Crippen MR) is 84.5 cm³/mol. The molecule has 1 aliphatic carbocycles. The summed E-state index contributed by atoms with van der Waals surface area (Å²) in [6, 6.07) is 0. The van der Waals surface area contributed by atoms with Crippen LogP contribution in [-0.2, 0) is 14.4 Å². The van der Waals surface area contributed by atoms with Gasteiger partial charge in [0.1, 0.15) is 5.71 Å². The van der Waals surface area contributed by atoms with Crippen LogP contribution < -0.4 is 5.43 Å². The highest BCUT2D eigenvalue weighted by molar-refractivity contribution is 6.39. The van der Waals surface area contributed by atoms with Gasteiger partial charge >= 0.3 is 0 Å². The van der Waals surface area contributed by atoms with Gasteiger partial charge < -0.3 is 9.80 Å².